The molecule has 0 aliphatic heterocycles. The van der Waals surface area contributed by atoms with Gasteiger partial charge in [-0.2, -0.15) is 22.5 Å². The summed E-state index contributed by atoms with van der Waals surface area (Å²) in [6, 6.07) is 4.48. The number of benzene rings is 1. The van der Waals surface area contributed by atoms with Gasteiger partial charge < -0.3 is 9.84 Å². The summed E-state index contributed by atoms with van der Waals surface area (Å²) in [5.41, 5.74) is 0.418. The van der Waals surface area contributed by atoms with Crippen LogP contribution in [0.25, 0.3) is 0 Å². The fraction of sp³-hybridized carbons (Fsp3) is 0.200. The van der Waals surface area contributed by atoms with Crippen LogP contribution < -0.4 is 4.74 Å². The largest absolute Gasteiger partial charge is 0.508 e. The van der Waals surface area contributed by atoms with Crippen LogP contribution in [-0.4, -0.2) is 14.5 Å². The third-order valence-corrected chi connectivity index (χ3v) is 2.71. The van der Waals surface area contributed by atoms with Crippen molar-refractivity contribution >= 4 is 11.5 Å². The highest BCUT2D eigenvalue weighted by molar-refractivity contribution is 7.07. The number of nitrogens with zero attached hydrogens (tertiary/aromatic N) is 2. The van der Waals surface area contributed by atoms with Gasteiger partial charge in [0, 0.05) is 17.1 Å². The van der Waals surface area contributed by atoms with Gasteiger partial charge in [0.15, 0.2) is 0 Å². The fourth-order valence-corrected chi connectivity index (χ4v) is 1.74. The highest BCUT2D eigenvalue weighted by Crippen LogP contribution is 2.34. The van der Waals surface area contributed by atoms with Crippen molar-refractivity contribution < 1.29 is 23.0 Å². The zero-order valence-electron chi connectivity index (χ0n) is 9.02. The molecular weight excluding hydrogens is 269 g/mol. The molecule has 0 aliphatic carbocycles. The van der Waals surface area contributed by atoms with E-state index in [4.69, 9.17) is 4.74 Å². The lowest BCUT2D eigenvalue weighted by atomic mass is 10.2. The van der Waals surface area contributed by atoms with Gasteiger partial charge in [-0.25, -0.2) is 0 Å². The van der Waals surface area contributed by atoms with E-state index in [0.29, 0.717) is 17.1 Å². The molecular formula is C10H7F3N2O2S. The Labute approximate surface area is 104 Å². The Hall–Kier alpha value is -1.83. The Morgan fingerprint density at radius 2 is 2.06 bits per heavy atom. The molecule has 0 bridgehead atoms. The van der Waals surface area contributed by atoms with Crippen molar-refractivity contribution in [1.82, 2.24) is 9.36 Å². The van der Waals surface area contributed by atoms with Crippen LogP contribution in [0.15, 0.2) is 18.2 Å². The van der Waals surface area contributed by atoms with Gasteiger partial charge in [-0.3, -0.25) is 0 Å². The van der Waals surface area contributed by atoms with Crippen molar-refractivity contribution in [3.63, 3.8) is 0 Å². The fourth-order valence-electron chi connectivity index (χ4n) is 1.17. The number of ether oxygens (including phenoxy) is 1. The third kappa shape index (κ3) is 2.53. The molecule has 0 radical (unpaired) electrons. The van der Waals surface area contributed by atoms with Crippen molar-refractivity contribution in [1.29, 1.82) is 0 Å². The van der Waals surface area contributed by atoms with Gasteiger partial charge in [0.1, 0.15) is 11.5 Å². The zero-order chi connectivity index (χ0) is 13.3. The maximum Gasteiger partial charge on any atom is 0.452 e. The van der Waals surface area contributed by atoms with Crippen LogP contribution in [0.1, 0.15) is 11.4 Å². The van der Waals surface area contributed by atoms with Crippen molar-refractivity contribution in [3.8, 4) is 16.7 Å². The summed E-state index contributed by atoms with van der Waals surface area (Å²) in [5.74, 6) is -1.01. The normalized spacial score (nSPS) is 11.6. The van der Waals surface area contributed by atoms with E-state index >= 15 is 0 Å². The highest BCUT2D eigenvalue weighted by atomic mass is 32.1. The molecule has 1 aromatic heterocycles. The first-order chi connectivity index (χ1) is 8.38. The Kier molecular flexibility index (Phi) is 3.12. The lowest BCUT2D eigenvalue weighted by Gasteiger charge is -2.06. The average Bonchev–Trinajstić information content (AvgIpc) is 2.73. The number of phenols is 1. The van der Waals surface area contributed by atoms with Gasteiger partial charge in [-0.15, -0.1) is 0 Å². The quantitative estimate of drug-likeness (QED) is 0.913. The zero-order valence-corrected chi connectivity index (χ0v) is 9.84. The molecule has 0 fully saturated rings. The number of phenolic OH excluding ortho intramolecular Hbond substituents is 1. The second-order valence-corrected chi connectivity index (χ2v) is 4.10. The number of hydrogen-bond donors (Lipinski definition) is 1. The summed E-state index contributed by atoms with van der Waals surface area (Å²) in [6.45, 7) is 1.58. The molecule has 0 atom stereocenters. The van der Waals surface area contributed by atoms with Gasteiger partial charge in [-0.1, -0.05) is 6.07 Å². The monoisotopic (exact) mass is 276 g/mol. The lowest BCUT2D eigenvalue weighted by molar-refractivity contribution is -0.144. The highest BCUT2D eigenvalue weighted by Gasteiger charge is 2.36. The van der Waals surface area contributed by atoms with Gasteiger partial charge in [0.25, 0.3) is 11.0 Å². The maximum absolute atomic E-state index is 12.3. The average molecular weight is 276 g/mol. The molecule has 0 aliphatic rings. The SMILES string of the molecule is Cc1c(O)cccc1Oc1nc(C(F)(F)F)ns1. The number of hydrogen-bond acceptors (Lipinski definition) is 5. The molecule has 0 saturated heterocycles. The molecule has 8 heteroatoms. The molecule has 1 N–H and O–H groups in total. The predicted molar refractivity (Wildman–Crippen MR) is 57.8 cm³/mol. The number of rotatable bonds is 2. The Balaban J connectivity index is 2.24. The first kappa shape index (κ1) is 12.6. The Bertz CT molecular complexity index is 568. The summed E-state index contributed by atoms with van der Waals surface area (Å²) in [5, 5.41) is 9.19. The minimum atomic E-state index is -4.59. The summed E-state index contributed by atoms with van der Waals surface area (Å²) in [6.07, 6.45) is -4.59. The van der Waals surface area contributed by atoms with Gasteiger partial charge >= 0.3 is 6.18 Å². The molecule has 2 rings (SSSR count). The Morgan fingerprint density at radius 1 is 1.33 bits per heavy atom. The van der Waals surface area contributed by atoms with E-state index in [1.807, 2.05) is 0 Å². The van der Waals surface area contributed by atoms with E-state index in [-0.39, 0.29) is 16.7 Å². The maximum atomic E-state index is 12.3. The van der Waals surface area contributed by atoms with Gasteiger partial charge in [-0.05, 0) is 19.1 Å². The van der Waals surface area contributed by atoms with Crippen molar-refractivity contribution in [2.45, 2.75) is 13.1 Å². The van der Waals surface area contributed by atoms with E-state index in [1.54, 1.807) is 6.92 Å². The van der Waals surface area contributed by atoms with Gasteiger partial charge in [0.05, 0.1) is 0 Å². The van der Waals surface area contributed by atoms with Crippen molar-refractivity contribution in [2.75, 3.05) is 0 Å². The number of aromatic nitrogens is 2. The predicted octanol–water partition coefficient (Wildman–Crippen LogP) is 3.36. The van der Waals surface area contributed by atoms with Crippen LogP contribution in [0.2, 0.25) is 0 Å². The van der Waals surface area contributed by atoms with Crippen molar-refractivity contribution in [3.05, 3.63) is 29.6 Å². The minimum Gasteiger partial charge on any atom is -0.508 e. The van der Waals surface area contributed by atoms with E-state index < -0.39 is 12.0 Å². The summed E-state index contributed by atoms with van der Waals surface area (Å²) >= 11 is 0.501. The van der Waals surface area contributed by atoms with Crippen LogP contribution >= 0.6 is 11.5 Å². The molecule has 4 nitrogen and oxygen atoms in total. The molecule has 1 heterocycles. The standard InChI is InChI=1S/C10H7F3N2O2S/c1-5-6(16)3-2-4-7(5)17-9-14-8(15-18-9)10(11,12)13/h2-4,16H,1H3. The summed E-state index contributed by atoms with van der Waals surface area (Å²) in [4.78, 5) is 3.23. The van der Waals surface area contributed by atoms with Crippen LogP contribution in [-0.2, 0) is 6.18 Å². The molecule has 1 aromatic carbocycles. The van der Waals surface area contributed by atoms with Crippen molar-refractivity contribution in [2.24, 2.45) is 0 Å². The van der Waals surface area contributed by atoms with E-state index in [1.165, 1.54) is 18.2 Å². The molecule has 0 saturated carbocycles. The second-order valence-electron chi connectivity index (χ2n) is 3.38. The van der Waals surface area contributed by atoms with Crippen LogP contribution in [0, 0.1) is 6.92 Å². The molecule has 18 heavy (non-hydrogen) atoms. The topological polar surface area (TPSA) is 55.2 Å². The summed E-state index contributed by atoms with van der Waals surface area (Å²) < 4.78 is 45.1. The number of aromatic hydroxyl groups is 1. The molecule has 0 spiro atoms. The first-order valence-corrected chi connectivity index (χ1v) is 5.52. The number of alkyl halides is 3. The van der Waals surface area contributed by atoms with Crippen LogP contribution in [0.4, 0.5) is 13.2 Å². The van der Waals surface area contributed by atoms with E-state index in [2.05, 4.69) is 9.36 Å². The molecule has 2 aromatic rings. The molecule has 96 valence electrons. The van der Waals surface area contributed by atoms with Crippen LogP contribution in [0.3, 0.4) is 0 Å². The van der Waals surface area contributed by atoms with E-state index in [0.717, 1.165) is 0 Å². The lowest BCUT2D eigenvalue weighted by Crippen LogP contribution is -2.06. The van der Waals surface area contributed by atoms with Crippen LogP contribution in [0.5, 0.6) is 16.7 Å². The smallest absolute Gasteiger partial charge is 0.452 e. The van der Waals surface area contributed by atoms with E-state index in [9.17, 15) is 18.3 Å². The Morgan fingerprint density at radius 3 is 2.67 bits per heavy atom. The molecule has 0 unspecified atom stereocenters. The third-order valence-electron chi connectivity index (χ3n) is 2.11. The second kappa shape index (κ2) is 4.45. The first-order valence-electron chi connectivity index (χ1n) is 4.75. The van der Waals surface area contributed by atoms with Gasteiger partial charge in [0.2, 0.25) is 0 Å². The minimum absolute atomic E-state index is 0.00643. The number of halogens is 3. The molecule has 0 amide bonds. The summed E-state index contributed by atoms with van der Waals surface area (Å²) in [7, 11) is 0.